The summed E-state index contributed by atoms with van der Waals surface area (Å²) in [6.45, 7) is 3.26. The molecule has 27 heavy (non-hydrogen) atoms. The highest BCUT2D eigenvalue weighted by Crippen LogP contribution is 2.32. The van der Waals surface area contributed by atoms with Crippen molar-refractivity contribution in [3.8, 4) is 5.69 Å². The van der Waals surface area contributed by atoms with Gasteiger partial charge in [0, 0.05) is 27.2 Å². The second-order valence-corrected chi connectivity index (χ2v) is 7.00. The molecule has 8 heteroatoms. The molecule has 2 aliphatic rings. The molecule has 1 aromatic heterocycles. The highest BCUT2D eigenvalue weighted by molar-refractivity contribution is 6.19. The summed E-state index contributed by atoms with van der Waals surface area (Å²) < 4.78 is 1.71. The van der Waals surface area contributed by atoms with Crippen LogP contribution in [0, 0.1) is 6.92 Å². The van der Waals surface area contributed by atoms with E-state index in [1.165, 1.54) is 9.80 Å². The second kappa shape index (κ2) is 6.53. The SMILES string of the molecule is Cc1ccc(-n2ncc3c2N(CC(=O)N(C)C)C(=O)N2CCCN=C32)cc1. The first kappa shape index (κ1) is 17.3. The zero-order chi connectivity index (χ0) is 19.1. The van der Waals surface area contributed by atoms with E-state index in [2.05, 4.69) is 10.1 Å². The molecule has 3 amide bonds. The van der Waals surface area contributed by atoms with Crippen LogP contribution >= 0.6 is 0 Å². The smallest absolute Gasteiger partial charge is 0.331 e. The molecule has 2 aliphatic heterocycles. The van der Waals surface area contributed by atoms with Gasteiger partial charge in [-0.2, -0.15) is 5.10 Å². The zero-order valence-electron chi connectivity index (χ0n) is 15.7. The fourth-order valence-corrected chi connectivity index (χ4v) is 3.31. The molecule has 140 valence electrons. The van der Waals surface area contributed by atoms with Gasteiger partial charge in [-0.15, -0.1) is 0 Å². The number of rotatable bonds is 3. The number of carbonyl (C=O) groups is 2. The van der Waals surface area contributed by atoms with Gasteiger partial charge < -0.3 is 4.90 Å². The molecule has 0 radical (unpaired) electrons. The van der Waals surface area contributed by atoms with E-state index in [0.717, 1.165) is 23.2 Å². The Labute approximate surface area is 157 Å². The van der Waals surface area contributed by atoms with Gasteiger partial charge in [-0.05, 0) is 25.5 Å². The maximum Gasteiger partial charge on any atom is 0.331 e. The number of nitrogens with zero attached hydrogens (tertiary/aromatic N) is 6. The van der Waals surface area contributed by atoms with Crippen LogP contribution in [0.2, 0.25) is 0 Å². The van der Waals surface area contributed by atoms with Gasteiger partial charge in [-0.1, -0.05) is 17.7 Å². The van der Waals surface area contributed by atoms with Crippen LogP contribution in [0.15, 0.2) is 35.5 Å². The van der Waals surface area contributed by atoms with Gasteiger partial charge in [-0.3, -0.25) is 19.6 Å². The Balaban J connectivity index is 1.86. The number of aromatic nitrogens is 2. The Hall–Kier alpha value is -3.16. The monoisotopic (exact) mass is 366 g/mol. The summed E-state index contributed by atoms with van der Waals surface area (Å²) in [5.74, 6) is 1.09. The largest absolute Gasteiger partial charge is 0.347 e. The summed E-state index contributed by atoms with van der Waals surface area (Å²) in [4.78, 5) is 34.8. The number of carbonyl (C=O) groups excluding carboxylic acids is 2. The van der Waals surface area contributed by atoms with Crippen LogP contribution < -0.4 is 4.90 Å². The van der Waals surface area contributed by atoms with Crippen molar-refractivity contribution in [3.05, 3.63) is 41.6 Å². The summed E-state index contributed by atoms with van der Waals surface area (Å²) in [5, 5.41) is 4.52. The van der Waals surface area contributed by atoms with Gasteiger partial charge in [0.1, 0.15) is 12.4 Å². The lowest BCUT2D eigenvalue weighted by Gasteiger charge is -2.38. The summed E-state index contributed by atoms with van der Waals surface area (Å²) >= 11 is 0. The van der Waals surface area contributed by atoms with E-state index in [1.807, 2.05) is 31.2 Å². The topological polar surface area (TPSA) is 74.0 Å². The fourth-order valence-electron chi connectivity index (χ4n) is 3.31. The highest BCUT2D eigenvalue weighted by Gasteiger charge is 2.40. The molecule has 0 saturated carbocycles. The molecule has 8 nitrogen and oxygen atoms in total. The van der Waals surface area contributed by atoms with E-state index in [1.54, 1.807) is 29.9 Å². The van der Waals surface area contributed by atoms with Gasteiger partial charge >= 0.3 is 6.03 Å². The standard InChI is InChI=1S/C19H22N6O2/c1-13-5-7-14(8-6-13)25-18-15(11-21-25)17-20-9-4-10-23(17)19(27)24(18)12-16(26)22(2)3/h5-8,11H,4,9-10,12H2,1-3H3. The van der Waals surface area contributed by atoms with E-state index in [-0.39, 0.29) is 18.5 Å². The first-order chi connectivity index (χ1) is 13.0. The molecule has 3 heterocycles. The molecular weight excluding hydrogens is 344 g/mol. The number of hydrogen-bond acceptors (Lipinski definition) is 4. The van der Waals surface area contributed by atoms with Crippen LogP contribution in [0.4, 0.5) is 10.6 Å². The minimum Gasteiger partial charge on any atom is -0.347 e. The first-order valence-corrected chi connectivity index (χ1v) is 8.96. The van der Waals surface area contributed by atoms with Crippen LogP contribution in [0.5, 0.6) is 0 Å². The van der Waals surface area contributed by atoms with E-state index >= 15 is 0 Å². The average Bonchev–Trinajstić information content (AvgIpc) is 3.10. The lowest BCUT2D eigenvalue weighted by atomic mass is 10.1. The third-order valence-corrected chi connectivity index (χ3v) is 4.83. The predicted octanol–water partition coefficient (Wildman–Crippen LogP) is 1.66. The number of aliphatic imine (C=N–C) groups is 1. The van der Waals surface area contributed by atoms with Crippen molar-refractivity contribution in [2.45, 2.75) is 13.3 Å². The number of fused-ring (bicyclic) bond motifs is 3. The first-order valence-electron chi connectivity index (χ1n) is 8.96. The number of amides is 3. The Kier molecular flexibility index (Phi) is 4.18. The predicted molar refractivity (Wildman–Crippen MR) is 102 cm³/mol. The molecule has 0 atom stereocenters. The Morgan fingerprint density at radius 1 is 1.22 bits per heavy atom. The van der Waals surface area contributed by atoms with Crippen LogP contribution in [-0.4, -0.2) is 71.1 Å². The van der Waals surface area contributed by atoms with Crippen LogP contribution in [0.25, 0.3) is 5.69 Å². The van der Waals surface area contributed by atoms with E-state index in [4.69, 9.17) is 0 Å². The number of hydrogen-bond donors (Lipinski definition) is 0. The minimum absolute atomic E-state index is 0.0415. The van der Waals surface area contributed by atoms with Crippen molar-refractivity contribution < 1.29 is 9.59 Å². The van der Waals surface area contributed by atoms with Crippen molar-refractivity contribution in [2.75, 3.05) is 38.6 Å². The van der Waals surface area contributed by atoms with Crippen molar-refractivity contribution in [3.63, 3.8) is 0 Å². The molecule has 0 spiro atoms. The quantitative estimate of drug-likeness (QED) is 0.829. The summed E-state index contributed by atoms with van der Waals surface area (Å²) in [6, 6.07) is 7.66. The number of benzene rings is 1. The molecule has 1 aromatic carbocycles. The van der Waals surface area contributed by atoms with E-state index in [9.17, 15) is 9.59 Å². The third kappa shape index (κ3) is 2.87. The molecule has 2 aromatic rings. The Bertz CT molecular complexity index is 928. The maximum absolute atomic E-state index is 13.2. The average molecular weight is 366 g/mol. The summed E-state index contributed by atoms with van der Waals surface area (Å²) in [5.41, 5.74) is 2.75. The number of urea groups is 1. The van der Waals surface area contributed by atoms with Crippen molar-refractivity contribution in [1.82, 2.24) is 19.6 Å². The number of likely N-dealkylation sites (N-methyl/N-ethyl adjacent to an activating group) is 1. The molecule has 0 saturated heterocycles. The minimum atomic E-state index is -0.231. The fraction of sp³-hybridized carbons (Fsp3) is 0.368. The molecule has 0 bridgehead atoms. The van der Waals surface area contributed by atoms with E-state index in [0.29, 0.717) is 24.7 Å². The summed E-state index contributed by atoms with van der Waals surface area (Å²) in [7, 11) is 3.37. The normalized spacial score (nSPS) is 16.0. The second-order valence-electron chi connectivity index (χ2n) is 7.00. The number of amidine groups is 1. The Morgan fingerprint density at radius 2 is 1.96 bits per heavy atom. The van der Waals surface area contributed by atoms with Crippen LogP contribution in [-0.2, 0) is 4.79 Å². The molecule has 0 fully saturated rings. The molecule has 0 unspecified atom stereocenters. The van der Waals surface area contributed by atoms with Crippen molar-refractivity contribution >= 4 is 23.6 Å². The molecule has 0 aliphatic carbocycles. The molecular formula is C19H22N6O2. The number of aryl methyl sites for hydroxylation is 1. The zero-order valence-corrected chi connectivity index (χ0v) is 15.7. The van der Waals surface area contributed by atoms with Crippen LogP contribution in [0.3, 0.4) is 0 Å². The molecule has 4 rings (SSSR count). The highest BCUT2D eigenvalue weighted by atomic mass is 16.2. The lowest BCUT2D eigenvalue weighted by Crippen LogP contribution is -2.55. The summed E-state index contributed by atoms with van der Waals surface area (Å²) in [6.07, 6.45) is 2.54. The lowest BCUT2D eigenvalue weighted by molar-refractivity contribution is -0.127. The van der Waals surface area contributed by atoms with E-state index < -0.39 is 0 Å². The van der Waals surface area contributed by atoms with Gasteiger partial charge in [0.25, 0.3) is 0 Å². The van der Waals surface area contributed by atoms with Crippen molar-refractivity contribution in [2.24, 2.45) is 4.99 Å². The van der Waals surface area contributed by atoms with Gasteiger partial charge in [0.2, 0.25) is 5.91 Å². The Morgan fingerprint density at radius 3 is 2.67 bits per heavy atom. The van der Waals surface area contributed by atoms with Crippen LogP contribution in [0.1, 0.15) is 17.5 Å². The van der Waals surface area contributed by atoms with Gasteiger partial charge in [0.05, 0.1) is 17.4 Å². The van der Waals surface area contributed by atoms with Gasteiger partial charge in [0.15, 0.2) is 5.82 Å². The third-order valence-electron chi connectivity index (χ3n) is 4.83. The number of anilines is 1. The maximum atomic E-state index is 13.2. The molecule has 0 N–H and O–H groups in total. The van der Waals surface area contributed by atoms with Gasteiger partial charge in [-0.25, -0.2) is 9.48 Å². The van der Waals surface area contributed by atoms with Crippen molar-refractivity contribution in [1.29, 1.82) is 0 Å².